The van der Waals surface area contributed by atoms with Gasteiger partial charge in [-0.25, -0.2) is 0 Å². The van der Waals surface area contributed by atoms with E-state index < -0.39 is 0 Å². The van der Waals surface area contributed by atoms with Crippen molar-refractivity contribution in [3.05, 3.63) is 35.4 Å². The fraction of sp³-hybridized carbons (Fsp3) is 0.600. The summed E-state index contributed by atoms with van der Waals surface area (Å²) >= 11 is 0. The molecule has 0 spiro atoms. The van der Waals surface area contributed by atoms with Gasteiger partial charge >= 0.3 is 0 Å². The molecule has 0 bridgehead atoms. The molecule has 1 aromatic rings. The Kier molecular flexibility index (Phi) is 5.74. The molecular formula is C20H29N3O2. The van der Waals surface area contributed by atoms with E-state index in [9.17, 15) is 9.59 Å². The summed E-state index contributed by atoms with van der Waals surface area (Å²) in [4.78, 5) is 29.5. The van der Waals surface area contributed by atoms with E-state index in [0.717, 1.165) is 50.0 Å². The Labute approximate surface area is 150 Å². The van der Waals surface area contributed by atoms with Crippen molar-refractivity contribution in [2.45, 2.75) is 39.2 Å². The molecule has 136 valence electrons. The second-order valence-corrected chi connectivity index (χ2v) is 7.42. The zero-order valence-corrected chi connectivity index (χ0v) is 15.3. The maximum atomic E-state index is 12.8. The summed E-state index contributed by atoms with van der Waals surface area (Å²) < 4.78 is 0. The predicted molar refractivity (Wildman–Crippen MR) is 98.5 cm³/mol. The van der Waals surface area contributed by atoms with Gasteiger partial charge in [-0.2, -0.15) is 0 Å². The van der Waals surface area contributed by atoms with Gasteiger partial charge in [-0.1, -0.05) is 17.7 Å². The van der Waals surface area contributed by atoms with E-state index >= 15 is 0 Å². The molecule has 0 saturated carbocycles. The van der Waals surface area contributed by atoms with Gasteiger partial charge in [0.2, 0.25) is 5.91 Å². The zero-order chi connectivity index (χ0) is 17.8. The van der Waals surface area contributed by atoms with Crippen LogP contribution in [0.1, 0.15) is 42.1 Å². The highest BCUT2D eigenvalue weighted by molar-refractivity contribution is 5.94. The monoisotopic (exact) mass is 343 g/mol. The van der Waals surface area contributed by atoms with E-state index in [1.54, 1.807) is 0 Å². The van der Waals surface area contributed by atoms with Crippen molar-refractivity contribution in [3.63, 3.8) is 0 Å². The third-order valence-electron chi connectivity index (χ3n) is 5.33. The van der Waals surface area contributed by atoms with Crippen molar-refractivity contribution in [1.29, 1.82) is 0 Å². The SMILES string of the molecule is Cc1cccc(C(=O)N2CCCN(C(=O)[C@H]3CCN[C@@H](C)C3)CC2)c1. The maximum Gasteiger partial charge on any atom is 0.253 e. The molecule has 2 saturated heterocycles. The average molecular weight is 343 g/mol. The number of hydrogen-bond acceptors (Lipinski definition) is 3. The molecule has 0 radical (unpaired) electrons. The van der Waals surface area contributed by atoms with Crippen molar-refractivity contribution in [1.82, 2.24) is 15.1 Å². The molecule has 5 nitrogen and oxygen atoms in total. The molecule has 0 aromatic heterocycles. The summed E-state index contributed by atoms with van der Waals surface area (Å²) in [6.07, 6.45) is 2.69. The van der Waals surface area contributed by atoms with Crippen molar-refractivity contribution >= 4 is 11.8 Å². The molecule has 0 aliphatic carbocycles. The first-order chi connectivity index (χ1) is 12.0. The third-order valence-corrected chi connectivity index (χ3v) is 5.33. The smallest absolute Gasteiger partial charge is 0.253 e. The highest BCUT2D eigenvalue weighted by Crippen LogP contribution is 2.20. The number of carbonyl (C=O) groups is 2. The number of nitrogens with one attached hydrogen (secondary N) is 1. The van der Waals surface area contributed by atoms with Crippen LogP contribution in [-0.2, 0) is 4.79 Å². The first-order valence-electron chi connectivity index (χ1n) is 9.42. The van der Waals surface area contributed by atoms with Gasteiger partial charge in [0, 0.05) is 43.7 Å². The van der Waals surface area contributed by atoms with E-state index in [1.807, 2.05) is 41.0 Å². The average Bonchev–Trinajstić information content (AvgIpc) is 2.86. The van der Waals surface area contributed by atoms with Crippen LogP contribution in [0.3, 0.4) is 0 Å². The molecule has 2 atom stereocenters. The fourth-order valence-corrected chi connectivity index (χ4v) is 3.92. The van der Waals surface area contributed by atoms with Crippen LogP contribution in [0.4, 0.5) is 0 Å². The molecule has 2 fully saturated rings. The van der Waals surface area contributed by atoms with Crippen LogP contribution in [0.5, 0.6) is 0 Å². The van der Waals surface area contributed by atoms with Crippen LogP contribution < -0.4 is 5.32 Å². The minimum atomic E-state index is 0.0773. The van der Waals surface area contributed by atoms with Crippen LogP contribution in [0.2, 0.25) is 0 Å². The third kappa shape index (κ3) is 4.40. The van der Waals surface area contributed by atoms with Crippen molar-refractivity contribution in [2.24, 2.45) is 5.92 Å². The van der Waals surface area contributed by atoms with Gasteiger partial charge in [-0.15, -0.1) is 0 Å². The summed E-state index contributed by atoms with van der Waals surface area (Å²) in [6, 6.07) is 8.15. The van der Waals surface area contributed by atoms with Gasteiger partial charge in [0.05, 0.1) is 0 Å². The fourth-order valence-electron chi connectivity index (χ4n) is 3.92. The van der Waals surface area contributed by atoms with Gasteiger partial charge in [0.25, 0.3) is 5.91 Å². The van der Waals surface area contributed by atoms with Crippen molar-refractivity contribution in [2.75, 3.05) is 32.7 Å². The Hall–Kier alpha value is -1.88. The van der Waals surface area contributed by atoms with E-state index in [-0.39, 0.29) is 17.7 Å². The molecule has 5 heteroatoms. The van der Waals surface area contributed by atoms with Gasteiger partial charge in [0.1, 0.15) is 0 Å². The van der Waals surface area contributed by atoms with Gasteiger partial charge in [0.15, 0.2) is 0 Å². The zero-order valence-electron chi connectivity index (χ0n) is 15.3. The number of rotatable bonds is 2. The molecule has 1 aromatic carbocycles. The van der Waals surface area contributed by atoms with Gasteiger partial charge in [-0.05, 0) is 51.8 Å². The van der Waals surface area contributed by atoms with Crippen LogP contribution >= 0.6 is 0 Å². The quantitative estimate of drug-likeness (QED) is 0.894. The van der Waals surface area contributed by atoms with Crippen molar-refractivity contribution < 1.29 is 9.59 Å². The summed E-state index contributed by atoms with van der Waals surface area (Å²) in [6.45, 7) is 7.81. The lowest BCUT2D eigenvalue weighted by Gasteiger charge is -2.31. The number of benzene rings is 1. The summed E-state index contributed by atoms with van der Waals surface area (Å²) in [5.74, 6) is 0.488. The van der Waals surface area contributed by atoms with Gasteiger partial charge in [-0.3, -0.25) is 9.59 Å². The molecule has 2 aliphatic rings. The molecular weight excluding hydrogens is 314 g/mol. The largest absolute Gasteiger partial charge is 0.341 e. The summed E-state index contributed by atoms with van der Waals surface area (Å²) in [5.41, 5.74) is 1.84. The Bertz CT molecular complexity index is 631. The molecule has 2 amide bonds. The molecule has 2 heterocycles. The minimum Gasteiger partial charge on any atom is -0.341 e. The van der Waals surface area contributed by atoms with E-state index in [4.69, 9.17) is 0 Å². The molecule has 1 N–H and O–H groups in total. The lowest BCUT2D eigenvalue weighted by Crippen LogP contribution is -2.45. The van der Waals surface area contributed by atoms with E-state index in [2.05, 4.69) is 12.2 Å². The molecule has 2 aliphatic heterocycles. The number of amides is 2. The Balaban J connectivity index is 1.60. The second kappa shape index (κ2) is 8.00. The lowest BCUT2D eigenvalue weighted by molar-refractivity contribution is -0.136. The lowest BCUT2D eigenvalue weighted by atomic mass is 9.92. The van der Waals surface area contributed by atoms with E-state index in [1.165, 1.54) is 0 Å². The first kappa shape index (κ1) is 17.9. The van der Waals surface area contributed by atoms with E-state index in [0.29, 0.717) is 19.1 Å². The topological polar surface area (TPSA) is 52.7 Å². The molecule has 0 unspecified atom stereocenters. The molecule has 3 rings (SSSR count). The highest BCUT2D eigenvalue weighted by atomic mass is 16.2. The van der Waals surface area contributed by atoms with Crippen LogP contribution in [0.25, 0.3) is 0 Å². The van der Waals surface area contributed by atoms with Gasteiger partial charge < -0.3 is 15.1 Å². The summed E-state index contributed by atoms with van der Waals surface area (Å²) in [7, 11) is 0. The Morgan fingerprint density at radius 2 is 1.88 bits per heavy atom. The normalized spacial score (nSPS) is 24.7. The van der Waals surface area contributed by atoms with Crippen LogP contribution in [0, 0.1) is 12.8 Å². The highest BCUT2D eigenvalue weighted by Gasteiger charge is 2.30. The number of piperidine rings is 1. The van der Waals surface area contributed by atoms with Crippen LogP contribution in [-0.4, -0.2) is 60.4 Å². The van der Waals surface area contributed by atoms with Crippen LogP contribution in [0.15, 0.2) is 24.3 Å². The Morgan fingerprint density at radius 3 is 2.64 bits per heavy atom. The number of hydrogen-bond donors (Lipinski definition) is 1. The maximum absolute atomic E-state index is 12.8. The standard InChI is InChI=1S/C20H29N3O2/c1-15-5-3-6-17(13-15)19(24)22-9-4-10-23(12-11-22)20(25)18-7-8-21-16(2)14-18/h3,5-6,13,16,18,21H,4,7-12,14H2,1-2H3/t16-,18-/m0/s1. The minimum absolute atomic E-state index is 0.0773. The van der Waals surface area contributed by atoms with Crippen molar-refractivity contribution in [3.8, 4) is 0 Å². The predicted octanol–water partition coefficient (Wildman–Crippen LogP) is 2.06. The molecule has 25 heavy (non-hydrogen) atoms. The summed E-state index contributed by atoms with van der Waals surface area (Å²) in [5, 5.41) is 3.40. The first-order valence-corrected chi connectivity index (χ1v) is 9.42. The number of aryl methyl sites for hydroxylation is 1. The number of nitrogens with zero attached hydrogens (tertiary/aromatic N) is 2. The number of carbonyl (C=O) groups excluding carboxylic acids is 2. The Morgan fingerprint density at radius 1 is 1.12 bits per heavy atom. The second-order valence-electron chi connectivity index (χ2n) is 7.42.